The molecule has 0 atom stereocenters. The van der Waals surface area contributed by atoms with Gasteiger partial charge in [0.15, 0.2) is 0 Å². The molecule has 0 bridgehead atoms. The van der Waals surface area contributed by atoms with Crippen LogP contribution in [0.15, 0.2) is 18.2 Å². The summed E-state index contributed by atoms with van der Waals surface area (Å²) in [4.78, 5) is 11.8. The number of phenols is 1. The molecule has 0 unspecified atom stereocenters. The Hall–Kier alpha value is -1.07. The Balaban J connectivity index is 2.44. The highest BCUT2D eigenvalue weighted by Crippen LogP contribution is 2.19. The van der Waals surface area contributed by atoms with Crippen molar-refractivity contribution < 1.29 is 14.6 Å². The van der Waals surface area contributed by atoms with Crippen molar-refractivity contribution in [3.8, 4) is 5.75 Å². The largest absolute Gasteiger partial charge is 0.508 e. The van der Waals surface area contributed by atoms with E-state index in [1.54, 1.807) is 25.1 Å². The Labute approximate surface area is 109 Å². The van der Waals surface area contributed by atoms with Crippen LogP contribution in [0, 0.1) is 6.92 Å². The van der Waals surface area contributed by atoms with Gasteiger partial charge in [0.25, 0.3) is 5.91 Å². The molecule has 0 spiro atoms. The normalized spacial score (nSPS) is 10.2. The van der Waals surface area contributed by atoms with Gasteiger partial charge in [-0.2, -0.15) is 0 Å². The molecule has 0 radical (unpaired) electrons. The molecule has 0 saturated carbocycles. The lowest BCUT2D eigenvalue weighted by Crippen LogP contribution is -2.28. The van der Waals surface area contributed by atoms with Gasteiger partial charge in [0.05, 0.1) is 13.2 Å². The fourth-order valence-electron chi connectivity index (χ4n) is 1.36. The van der Waals surface area contributed by atoms with Crippen LogP contribution in [-0.4, -0.2) is 36.1 Å². The topological polar surface area (TPSA) is 58.6 Å². The second-order valence-corrected chi connectivity index (χ2v) is 4.30. The number of alkyl halides is 1. The van der Waals surface area contributed by atoms with E-state index < -0.39 is 0 Å². The van der Waals surface area contributed by atoms with E-state index >= 15 is 0 Å². The zero-order valence-corrected chi connectivity index (χ0v) is 11.3. The summed E-state index contributed by atoms with van der Waals surface area (Å²) in [6.07, 6.45) is 0. The van der Waals surface area contributed by atoms with Crippen molar-refractivity contribution >= 4 is 21.8 Å². The number of benzene rings is 1. The third-order valence-electron chi connectivity index (χ3n) is 2.30. The number of rotatable bonds is 6. The van der Waals surface area contributed by atoms with Gasteiger partial charge in [-0.25, -0.2) is 0 Å². The summed E-state index contributed by atoms with van der Waals surface area (Å²) in [5.41, 5.74) is 1.08. The van der Waals surface area contributed by atoms with Crippen molar-refractivity contribution in [2.45, 2.75) is 6.92 Å². The van der Waals surface area contributed by atoms with Gasteiger partial charge in [0.2, 0.25) is 0 Å². The van der Waals surface area contributed by atoms with Crippen LogP contribution in [0.25, 0.3) is 0 Å². The van der Waals surface area contributed by atoms with Crippen LogP contribution >= 0.6 is 15.9 Å². The molecule has 0 fully saturated rings. The first-order valence-electron chi connectivity index (χ1n) is 5.37. The quantitative estimate of drug-likeness (QED) is 0.623. The molecule has 0 aliphatic heterocycles. The number of halogens is 1. The Bertz CT molecular complexity index is 382. The minimum absolute atomic E-state index is 0.133. The minimum Gasteiger partial charge on any atom is -0.508 e. The van der Waals surface area contributed by atoms with Crippen molar-refractivity contribution in [2.75, 3.05) is 25.1 Å². The van der Waals surface area contributed by atoms with Crippen LogP contribution in [0.2, 0.25) is 0 Å². The summed E-state index contributed by atoms with van der Waals surface area (Å²) in [6.45, 7) is 3.28. The standard InChI is InChI=1S/C12H16BrNO3/c1-9-10(3-2-4-11(9)15)12(16)14-6-8-17-7-5-13/h2-4,15H,5-8H2,1H3,(H,14,16). The highest BCUT2D eigenvalue weighted by Gasteiger charge is 2.10. The fraction of sp³-hybridized carbons (Fsp3) is 0.417. The number of hydrogen-bond donors (Lipinski definition) is 2. The number of ether oxygens (including phenoxy) is 1. The van der Waals surface area contributed by atoms with E-state index in [1.165, 1.54) is 0 Å². The monoisotopic (exact) mass is 301 g/mol. The average molecular weight is 302 g/mol. The number of aromatic hydroxyl groups is 1. The summed E-state index contributed by atoms with van der Waals surface area (Å²) in [5, 5.41) is 13.0. The van der Waals surface area contributed by atoms with Gasteiger partial charge in [0.1, 0.15) is 5.75 Å². The lowest BCUT2D eigenvalue weighted by atomic mass is 10.1. The molecule has 1 rings (SSSR count). The van der Waals surface area contributed by atoms with Gasteiger partial charge >= 0.3 is 0 Å². The second kappa shape index (κ2) is 7.29. The van der Waals surface area contributed by atoms with Gasteiger partial charge in [-0.1, -0.05) is 22.0 Å². The molecule has 4 nitrogen and oxygen atoms in total. The van der Waals surface area contributed by atoms with Gasteiger partial charge in [0, 0.05) is 23.0 Å². The Morgan fingerprint density at radius 1 is 1.47 bits per heavy atom. The van der Waals surface area contributed by atoms with Gasteiger partial charge in [-0.3, -0.25) is 4.79 Å². The number of carbonyl (C=O) groups excluding carboxylic acids is 1. The fourth-order valence-corrected chi connectivity index (χ4v) is 1.59. The first-order valence-corrected chi connectivity index (χ1v) is 6.49. The van der Waals surface area contributed by atoms with E-state index in [1.807, 2.05) is 0 Å². The number of phenolic OH excluding ortho intramolecular Hbond substituents is 1. The van der Waals surface area contributed by atoms with Crippen LogP contribution in [0.5, 0.6) is 5.75 Å². The highest BCUT2D eigenvalue weighted by atomic mass is 79.9. The van der Waals surface area contributed by atoms with Crippen LogP contribution in [0.4, 0.5) is 0 Å². The molecule has 2 N–H and O–H groups in total. The first kappa shape index (κ1) is 14.0. The maximum absolute atomic E-state index is 11.8. The zero-order valence-electron chi connectivity index (χ0n) is 9.70. The molecule has 0 aliphatic carbocycles. The number of carbonyl (C=O) groups is 1. The molecule has 1 aromatic rings. The highest BCUT2D eigenvalue weighted by molar-refractivity contribution is 9.09. The molecule has 0 saturated heterocycles. The van der Waals surface area contributed by atoms with Crippen molar-refractivity contribution in [3.05, 3.63) is 29.3 Å². The van der Waals surface area contributed by atoms with Crippen molar-refractivity contribution in [3.63, 3.8) is 0 Å². The molecule has 0 heterocycles. The van der Waals surface area contributed by atoms with Crippen molar-refractivity contribution in [2.24, 2.45) is 0 Å². The molecule has 0 aliphatic rings. The van der Waals surface area contributed by atoms with Gasteiger partial charge < -0.3 is 15.2 Å². The predicted octanol–water partition coefficient (Wildman–Crippen LogP) is 1.84. The number of nitrogens with one attached hydrogen (secondary N) is 1. The van der Waals surface area contributed by atoms with Crippen LogP contribution in [0.3, 0.4) is 0 Å². The lowest BCUT2D eigenvalue weighted by Gasteiger charge is -2.08. The van der Waals surface area contributed by atoms with E-state index in [0.29, 0.717) is 30.9 Å². The molecule has 0 aromatic heterocycles. The SMILES string of the molecule is Cc1c(O)cccc1C(=O)NCCOCCBr. The Morgan fingerprint density at radius 2 is 2.24 bits per heavy atom. The zero-order chi connectivity index (χ0) is 12.7. The van der Waals surface area contributed by atoms with E-state index in [0.717, 1.165) is 5.33 Å². The first-order chi connectivity index (χ1) is 8.16. The smallest absolute Gasteiger partial charge is 0.251 e. The third kappa shape index (κ3) is 4.36. The summed E-state index contributed by atoms with van der Waals surface area (Å²) >= 11 is 3.24. The van der Waals surface area contributed by atoms with E-state index in [2.05, 4.69) is 21.2 Å². The lowest BCUT2D eigenvalue weighted by molar-refractivity contribution is 0.0923. The molecule has 5 heteroatoms. The predicted molar refractivity (Wildman–Crippen MR) is 69.8 cm³/mol. The maximum Gasteiger partial charge on any atom is 0.251 e. The van der Waals surface area contributed by atoms with Gasteiger partial charge in [-0.05, 0) is 19.1 Å². The van der Waals surface area contributed by atoms with Crippen molar-refractivity contribution in [1.29, 1.82) is 0 Å². The van der Waals surface area contributed by atoms with Crippen LogP contribution in [0.1, 0.15) is 15.9 Å². The van der Waals surface area contributed by atoms with E-state index in [9.17, 15) is 9.90 Å². The minimum atomic E-state index is -0.194. The molecular formula is C12H16BrNO3. The van der Waals surface area contributed by atoms with Crippen molar-refractivity contribution in [1.82, 2.24) is 5.32 Å². The molecule has 1 aromatic carbocycles. The second-order valence-electron chi connectivity index (χ2n) is 3.51. The summed E-state index contributed by atoms with van der Waals surface area (Å²) in [5.74, 6) is -0.0611. The number of hydrogen-bond acceptors (Lipinski definition) is 3. The summed E-state index contributed by atoms with van der Waals surface area (Å²) < 4.78 is 5.21. The van der Waals surface area contributed by atoms with E-state index in [-0.39, 0.29) is 11.7 Å². The third-order valence-corrected chi connectivity index (χ3v) is 2.63. The summed E-state index contributed by atoms with van der Waals surface area (Å²) in [7, 11) is 0. The van der Waals surface area contributed by atoms with E-state index in [4.69, 9.17) is 4.74 Å². The Kier molecular flexibility index (Phi) is 6.00. The average Bonchev–Trinajstić information content (AvgIpc) is 2.32. The molecule has 17 heavy (non-hydrogen) atoms. The summed E-state index contributed by atoms with van der Waals surface area (Å²) in [6, 6.07) is 4.90. The molecule has 94 valence electrons. The molecular weight excluding hydrogens is 286 g/mol. The maximum atomic E-state index is 11.8. The molecule has 1 amide bonds. The van der Waals surface area contributed by atoms with Crippen LogP contribution in [-0.2, 0) is 4.74 Å². The van der Waals surface area contributed by atoms with Crippen LogP contribution < -0.4 is 5.32 Å². The van der Waals surface area contributed by atoms with Gasteiger partial charge in [-0.15, -0.1) is 0 Å². The number of amides is 1. The Morgan fingerprint density at radius 3 is 2.94 bits per heavy atom.